The maximum absolute atomic E-state index is 13.5. The first-order valence-electron chi connectivity index (χ1n) is 21.2. The highest BCUT2D eigenvalue weighted by atomic mass is 16.5. The van der Waals surface area contributed by atoms with E-state index in [1.807, 2.05) is 24.3 Å². The molecule has 5 nitrogen and oxygen atoms in total. The predicted octanol–water partition coefficient (Wildman–Crippen LogP) is 11.6. The minimum Gasteiger partial charge on any atom is -0.494 e. The fourth-order valence-electron chi connectivity index (χ4n) is 11.8. The van der Waals surface area contributed by atoms with E-state index in [0.717, 1.165) is 111 Å². The number of carbonyl (C=O) groups excluding carboxylic acids is 1. The van der Waals surface area contributed by atoms with Crippen molar-refractivity contribution < 1.29 is 23.7 Å². The van der Waals surface area contributed by atoms with Crippen molar-refractivity contribution in [3.8, 4) is 5.75 Å². The van der Waals surface area contributed by atoms with Gasteiger partial charge in [0.15, 0.2) is 0 Å². The van der Waals surface area contributed by atoms with Gasteiger partial charge >= 0.3 is 5.97 Å². The summed E-state index contributed by atoms with van der Waals surface area (Å²) in [6.07, 6.45) is 18.6. The minimum atomic E-state index is -0.195. The number of carbonyl (C=O) groups is 1. The molecule has 0 radical (unpaired) electrons. The highest BCUT2D eigenvalue weighted by Gasteiger charge is 2.59. The Labute approximate surface area is 315 Å². The maximum Gasteiger partial charge on any atom is 0.338 e. The van der Waals surface area contributed by atoms with Gasteiger partial charge in [-0.1, -0.05) is 84.6 Å². The van der Waals surface area contributed by atoms with Gasteiger partial charge in [-0.25, -0.2) is 4.79 Å². The quantitative estimate of drug-likeness (QED) is 0.105. The van der Waals surface area contributed by atoms with Crippen molar-refractivity contribution in [1.82, 2.24) is 0 Å². The number of hydrogen-bond acceptors (Lipinski definition) is 5. The average molecular weight is 713 g/mol. The van der Waals surface area contributed by atoms with Gasteiger partial charge in [-0.15, -0.1) is 0 Å². The molecule has 2 aromatic carbocycles. The first kappa shape index (κ1) is 37.9. The second-order valence-electron chi connectivity index (χ2n) is 19.2. The fraction of sp³-hybridized carbons (Fsp3) is 0.723. The molecule has 0 bridgehead atoms. The van der Waals surface area contributed by atoms with E-state index < -0.39 is 0 Å². The first-order valence-corrected chi connectivity index (χ1v) is 21.2. The highest BCUT2D eigenvalue weighted by molar-refractivity contribution is 5.95. The van der Waals surface area contributed by atoms with E-state index in [-0.39, 0.29) is 22.9 Å². The zero-order valence-corrected chi connectivity index (χ0v) is 33.4. The van der Waals surface area contributed by atoms with E-state index in [4.69, 9.17) is 18.9 Å². The number of allylic oxidation sites excluding steroid dienone is 1. The molecule has 4 fully saturated rings. The van der Waals surface area contributed by atoms with Crippen molar-refractivity contribution in [2.45, 2.75) is 131 Å². The van der Waals surface area contributed by atoms with Crippen molar-refractivity contribution in [1.29, 1.82) is 0 Å². The Kier molecular flexibility index (Phi) is 11.5. The Bertz CT molecular complexity index is 1570. The highest BCUT2D eigenvalue weighted by Crippen LogP contribution is 2.67. The molecule has 8 unspecified atom stereocenters. The number of hydrogen-bond donors (Lipinski definition) is 0. The molecule has 2 aromatic rings. The van der Waals surface area contributed by atoms with Crippen LogP contribution in [0.25, 0.3) is 10.8 Å². The Hall–Kier alpha value is -2.37. The number of unbranched alkanes of at least 4 members (excludes halogenated alkanes) is 1. The summed E-state index contributed by atoms with van der Waals surface area (Å²) in [5, 5.41) is 2.10. The van der Waals surface area contributed by atoms with Crippen LogP contribution in [0.15, 0.2) is 48.0 Å². The van der Waals surface area contributed by atoms with Crippen LogP contribution in [-0.2, 0) is 14.2 Å². The van der Waals surface area contributed by atoms with Crippen LogP contribution >= 0.6 is 0 Å². The summed E-state index contributed by atoms with van der Waals surface area (Å²) in [6, 6.07) is 12.0. The van der Waals surface area contributed by atoms with Crippen molar-refractivity contribution in [3.63, 3.8) is 0 Å². The summed E-state index contributed by atoms with van der Waals surface area (Å²) in [7, 11) is 0. The molecule has 8 atom stereocenters. The zero-order valence-electron chi connectivity index (χ0n) is 33.4. The summed E-state index contributed by atoms with van der Waals surface area (Å²) in [5.74, 6) is 5.70. The third-order valence-electron chi connectivity index (χ3n) is 14.9. The largest absolute Gasteiger partial charge is 0.494 e. The normalized spacial score (nSPS) is 32.7. The lowest BCUT2D eigenvalue weighted by molar-refractivity contribution is -0.138. The number of rotatable bonds is 15. The molecule has 0 spiro atoms. The average Bonchev–Trinajstić information content (AvgIpc) is 3.47. The van der Waals surface area contributed by atoms with Gasteiger partial charge in [0.05, 0.1) is 32.0 Å². The standard InChI is InChI=1S/C47H68O5/c1-32(2)10-9-11-33(3)41-18-19-42-40-17-15-37-28-39(20-22-46(37,5)43(40)21-23-47(41,42)6)52-44(48)36-13-12-35-27-38(16-14-34(35)26-36)51-25-8-7-24-49-29-45(4)30-50-31-45/h12-16,26-27,32-33,39-43H,7-11,17-25,28-31H2,1-6H3. The maximum atomic E-state index is 13.5. The molecular weight excluding hydrogens is 645 g/mol. The Morgan fingerprint density at radius 1 is 0.865 bits per heavy atom. The molecule has 1 aliphatic heterocycles. The molecule has 1 heterocycles. The number of esters is 1. The predicted molar refractivity (Wildman–Crippen MR) is 211 cm³/mol. The second kappa shape index (κ2) is 15.8. The summed E-state index contributed by atoms with van der Waals surface area (Å²) in [5.41, 5.74) is 3.19. The van der Waals surface area contributed by atoms with Gasteiger partial charge in [-0.2, -0.15) is 0 Å². The molecule has 52 heavy (non-hydrogen) atoms. The zero-order chi connectivity index (χ0) is 36.5. The van der Waals surface area contributed by atoms with Crippen molar-refractivity contribution in [3.05, 3.63) is 53.6 Å². The lowest BCUT2D eigenvalue weighted by Crippen LogP contribution is -2.51. The van der Waals surface area contributed by atoms with Crippen LogP contribution in [0.5, 0.6) is 5.75 Å². The summed E-state index contributed by atoms with van der Waals surface area (Å²) < 4.78 is 23.4. The monoisotopic (exact) mass is 713 g/mol. The molecule has 7 rings (SSSR count). The fourth-order valence-corrected chi connectivity index (χ4v) is 11.8. The molecule has 5 aliphatic rings. The topological polar surface area (TPSA) is 54.0 Å². The lowest BCUT2D eigenvalue weighted by Gasteiger charge is -2.58. The molecule has 0 N–H and O–H groups in total. The summed E-state index contributed by atoms with van der Waals surface area (Å²) in [6.45, 7) is 18.6. The van der Waals surface area contributed by atoms with Gasteiger partial charge < -0.3 is 18.9 Å². The van der Waals surface area contributed by atoms with Crippen LogP contribution in [0.4, 0.5) is 0 Å². The van der Waals surface area contributed by atoms with Crippen molar-refractivity contribution in [2.24, 2.45) is 51.8 Å². The Morgan fingerprint density at radius 2 is 1.65 bits per heavy atom. The van der Waals surface area contributed by atoms with Crippen LogP contribution in [0.3, 0.4) is 0 Å². The first-order chi connectivity index (χ1) is 25.0. The lowest BCUT2D eigenvalue weighted by atomic mass is 9.47. The van der Waals surface area contributed by atoms with Crippen molar-refractivity contribution in [2.75, 3.05) is 33.0 Å². The van der Waals surface area contributed by atoms with E-state index >= 15 is 0 Å². The molecule has 4 aliphatic carbocycles. The van der Waals surface area contributed by atoms with Gasteiger partial charge in [-0.3, -0.25) is 0 Å². The molecule has 286 valence electrons. The van der Waals surface area contributed by atoms with E-state index in [1.165, 1.54) is 51.4 Å². The van der Waals surface area contributed by atoms with Crippen LogP contribution in [0, 0.1) is 51.8 Å². The number of ether oxygens (including phenoxy) is 4. The van der Waals surface area contributed by atoms with Gasteiger partial charge in [0, 0.05) is 18.4 Å². The Balaban J connectivity index is 0.898. The minimum absolute atomic E-state index is 0.0352. The molecule has 0 amide bonds. The summed E-state index contributed by atoms with van der Waals surface area (Å²) >= 11 is 0. The van der Waals surface area contributed by atoms with Crippen LogP contribution in [-0.4, -0.2) is 45.1 Å². The van der Waals surface area contributed by atoms with Crippen LogP contribution < -0.4 is 4.74 Å². The smallest absolute Gasteiger partial charge is 0.338 e. The Morgan fingerprint density at radius 3 is 2.44 bits per heavy atom. The van der Waals surface area contributed by atoms with E-state index in [2.05, 4.69) is 59.8 Å². The molecule has 3 saturated carbocycles. The molecule has 0 aromatic heterocycles. The SMILES string of the molecule is CC(C)CCCC(C)C1CCC2C3CC=C4CC(OC(=O)c5ccc6cc(OCCCCOCC7(C)COC7)ccc6c5)CCC4(C)C3CCC12C. The third-order valence-corrected chi connectivity index (χ3v) is 14.9. The molecule has 5 heteroatoms. The van der Waals surface area contributed by atoms with Crippen LogP contribution in [0.2, 0.25) is 0 Å². The van der Waals surface area contributed by atoms with E-state index in [9.17, 15) is 4.79 Å². The van der Waals surface area contributed by atoms with E-state index in [0.29, 0.717) is 17.6 Å². The van der Waals surface area contributed by atoms with Gasteiger partial charge in [0.25, 0.3) is 0 Å². The second-order valence-corrected chi connectivity index (χ2v) is 19.2. The van der Waals surface area contributed by atoms with Crippen LogP contribution in [0.1, 0.15) is 135 Å². The van der Waals surface area contributed by atoms with Gasteiger partial charge in [0.2, 0.25) is 0 Å². The molecule has 1 saturated heterocycles. The van der Waals surface area contributed by atoms with Gasteiger partial charge in [0.1, 0.15) is 11.9 Å². The number of benzene rings is 2. The summed E-state index contributed by atoms with van der Waals surface area (Å²) in [4.78, 5) is 13.5. The van der Waals surface area contributed by atoms with E-state index in [1.54, 1.807) is 5.57 Å². The third kappa shape index (κ3) is 7.88. The molecular formula is C47H68O5. The van der Waals surface area contributed by atoms with Gasteiger partial charge in [-0.05, 0) is 139 Å². The number of fused-ring (bicyclic) bond motifs is 6. The van der Waals surface area contributed by atoms with Crippen molar-refractivity contribution >= 4 is 16.7 Å².